The number of carbonyl (C=O) groups is 4. The maximum absolute atomic E-state index is 13.1. The first-order valence-electron chi connectivity index (χ1n) is 42.0. The number of unbranched alkanes of at least 4 members (excludes halogenated alkanes) is 49. The predicted molar refractivity (Wildman–Crippen MR) is 409 cm³/mol. The Hall–Kier alpha value is -1.94. The van der Waals surface area contributed by atoms with Crippen LogP contribution in [-0.2, 0) is 65.4 Å². The summed E-state index contributed by atoms with van der Waals surface area (Å²) in [7, 11) is -9.92. The minimum Gasteiger partial charge on any atom is -0.462 e. The molecule has 19 heteroatoms. The summed E-state index contributed by atoms with van der Waals surface area (Å²) in [6, 6.07) is 0. The highest BCUT2D eigenvalue weighted by molar-refractivity contribution is 7.47. The summed E-state index contributed by atoms with van der Waals surface area (Å²) in [6.07, 6.45) is 62.4. The smallest absolute Gasteiger partial charge is 0.462 e. The van der Waals surface area contributed by atoms with Gasteiger partial charge in [0.05, 0.1) is 26.4 Å². The van der Waals surface area contributed by atoms with Crippen LogP contribution in [0.5, 0.6) is 0 Å². The Bertz CT molecular complexity index is 1930. The molecule has 0 heterocycles. The number of hydrogen-bond acceptors (Lipinski definition) is 15. The molecule has 0 radical (unpaired) electrons. The van der Waals surface area contributed by atoms with E-state index in [-0.39, 0.29) is 25.7 Å². The minimum atomic E-state index is -4.96. The predicted octanol–water partition coefficient (Wildman–Crippen LogP) is 24.3. The molecule has 0 aliphatic carbocycles. The molecular formula is C81H158O17P2. The van der Waals surface area contributed by atoms with Crippen LogP contribution in [0.3, 0.4) is 0 Å². The van der Waals surface area contributed by atoms with E-state index in [9.17, 15) is 43.2 Å². The molecule has 0 aromatic heterocycles. The Balaban J connectivity index is 5.24. The summed E-state index contributed by atoms with van der Waals surface area (Å²) in [5.74, 6) is -0.533. The van der Waals surface area contributed by atoms with Crippen molar-refractivity contribution in [1.82, 2.24) is 0 Å². The van der Waals surface area contributed by atoms with Crippen LogP contribution in [0, 0.1) is 11.8 Å². The van der Waals surface area contributed by atoms with Gasteiger partial charge in [0.25, 0.3) is 0 Å². The van der Waals surface area contributed by atoms with Gasteiger partial charge in [-0.05, 0) is 37.5 Å². The quantitative estimate of drug-likeness (QED) is 0.0222. The van der Waals surface area contributed by atoms with Gasteiger partial charge >= 0.3 is 39.5 Å². The zero-order valence-corrected chi connectivity index (χ0v) is 67.3. The molecule has 0 fully saturated rings. The Kier molecular flexibility index (Phi) is 71.2. The van der Waals surface area contributed by atoms with Crippen LogP contribution in [0.1, 0.15) is 427 Å². The van der Waals surface area contributed by atoms with Gasteiger partial charge in [-0.2, -0.15) is 0 Å². The van der Waals surface area contributed by atoms with E-state index in [0.29, 0.717) is 25.7 Å². The van der Waals surface area contributed by atoms with Crippen molar-refractivity contribution < 1.29 is 80.2 Å². The normalized spacial score (nSPS) is 14.2. The molecule has 0 aliphatic heterocycles. The minimum absolute atomic E-state index is 0.106. The molecule has 0 saturated carbocycles. The number of ether oxygens (including phenoxy) is 4. The molecule has 0 spiro atoms. The summed E-state index contributed by atoms with van der Waals surface area (Å²) in [4.78, 5) is 73.0. The number of hydrogen-bond donors (Lipinski definition) is 3. The Morgan fingerprint density at radius 1 is 0.290 bits per heavy atom. The van der Waals surface area contributed by atoms with E-state index in [1.54, 1.807) is 0 Å². The van der Waals surface area contributed by atoms with Crippen molar-refractivity contribution in [3.8, 4) is 0 Å². The molecule has 17 nitrogen and oxygen atoms in total. The number of phosphoric acid groups is 2. The second-order valence-electron chi connectivity index (χ2n) is 29.9. The van der Waals surface area contributed by atoms with Crippen molar-refractivity contribution in [2.45, 2.75) is 445 Å². The van der Waals surface area contributed by atoms with E-state index in [4.69, 9.17) is 37.0 Å². The molecule has 3 unspecified atom stereocenters. The molecule has 6 atom stereocenters. The molecule has 0 amide bonds. The number of esters is 4. The van der Waals surface area contributed by atoms with Gasteiger partial charge in [0, 0.05) is 25.7 Å². The van der Waals surface area contributed by atoms with Crippen molar-refractivity contribution in [3.63, 3.8) is 0 Å². The molecule has 0 saturated heterocycles. The van der Waals surface area contributed by atoms with Gasteiger partial charge < -0.3 is 33.8 Å². The molecule has 594 valence electrons. The van der Waals surface area contributed by atoms with Crippen molar-refractivity contribution in [3.05, 3.63) is 0 Å². The third-order valence-corrected chi connectivity index (χ3v) is 21.2. The molecule has 0 aliphatic rings. The fourth-order valence-corrected chi connectivity index (χ4v) is 14.1. The second-order valence-corrected chi connectivity index (χ2v) is 32.8. The molecule has 0 aromatic carbocycles. The van der Waals surface area contributed by atoms with Crippen molar-refractivity contribution in [1.29, 1.82) is 0 Å². The lowest BCUT2D eigenvalue weighted by Gasteiger charge is -2.21. The van der Waals surface area contributed by atoms with Crippen LogP contribution in [0.2, 0.25) is 0 Å². The first-order valence-corrected chi connectivity index (χ1v) is 45.0. The van der Waals surface area contributed by atoms with E-state index in [1.165, 1.54) is 244 Å². The SMILES string of the molecule is CCCCCCCCCCCCCCCCCCCCCC(=O)O[C@H](COC(=O)CCCCCCCCCCCCCCCCCC(C)C)COP(=O)(O)OC[C@@H](O)COP(=O)(O)OC[C@@H](COC(=O)CCCCCCCCCCCCC)OC(=O)CCCCCCCCCCC(C)CC. The fourth-order valence-electron chi connectivity index (χ4n) is 12.5. The lowest BCUT2D eigenvalue weighted by atomic mass is 9.99. The van der Waals surface area contributed by atoms with Crippen LogP contribution in [0.25, 0.3) is 0 Å². The summed E-state index contributed by atoms with van der Waals surface area (Å²) < 4.78 is 68.7. The number of phosphoric ester groups is 2. The van der Waals surface area contributed by atoms with E-state index in [1.807, 2.05) is 0 Å². The zero-order chi connectivity index (χ0) is 73.5. The molecule has 100 heavy (non-hydrogen) atoms. The highest BCUT2D eigenvalue weighted by Crippen LogP contribution is 2.45. The maximum atomic E-state index is 13.1. The van der Waals surface area contributed by atoms with Crippen LogP contribution >= 0.6 is 15.6 Å². The second kappa shape index (κ2) is 72.6. The third-order valence-electron chi connectivity index (χ3n) is 19.3. The first kappa shape index (κ1) is 98.1. The molecule has 0 rings (SSSR count). The van der Waals surface area contributed by atoms with Gasteiger partial charge in [-0.1, -0.05) is 375 Å². The topological polar surface area (TPSA) is 237 Å². The standard InChI is InChI=1S/C81H158O17P2/c1-7-10-12-14-16-18-20-21-22-23-24-25-28-32-36-40-47-53-59-65-80(85)97-76(69-92-79(84)64-58-52-46-39-35-31-29-26-27-30-34-37-43-49-55-61-73(4)5)71-95-99(87,88)93-67-75(82)68-94-100(89,90)96-72-77(70-91-78(83)63-57-51-45-38-33-19-17-15-13-11-8-2)98-81(86)66-60-54-48-42-41-44-50-56-62-74(6)9-3/h73-77,82H,7-72H2,1-6H3,(H,87,88)(H,89,90)/t74?,75-,76-,77-/m1/s1. The van der Waals surface area contributed by atoms with E-state index in [0.717, 1.165) is 102 Å². The summed E-state index contributed by atoms with van der Waals surface area (Å²) in [5, 5.41) is 10.6. The monoisotopic (exact) mass is 1470 g/mol. The van der Waals surface area contributed by atoms with Crippen molar-refractivity contribution in [2.75, 3.05) is 39.6 Å². The lowest BCUT2D eigenvalue weighted by molar-refractivity contribution is -0.161. The molecule has 0 bridgehead atoms. The average Bonchev–Trinajstić information content (AvgIpc) is 1.08. The summed E-state index contributed by atoms with van der Waals surface area (Å²) >= 11 is 0. The van der Waals surface area contributed by atoms with Gasteiger partial charge in [-0.25, -0.2) is 9.13 Å². The zero-order valence-electron chi connectivity index (χ0n) is 65.5. The van der Waals surface area contributed by atoms with Gasteiger partial charge in [0.2, 0.25) is 0 Å². The molecule has 0 aromatic rings. The third kappa shape index (κ3) is 73.0. The Labute approximate surface area is 613 Å². The number of aliphatic hydroxyl groups excluding tert-OH is 1. The Morgan fingerprint density at radius 3 is 0.760 bits per heavy atom. The van der Waals surface area contributed by atoms with E-state index in [2.05, 4.69) is 41.5 Å². The fraction of sp³-hybridized carbons (Fsp3) is 0.951. The number of rotatable bonds is 80. The van der Waals surface area contributed by atoms with Gasteiger partial charge in [0.1, 0.15) is 19.3 Å². The van der Waals surface area contributed by atoms with Crippen LogP contribution < -0.4 is 0 Å². The molecule has 3 N–H and O–H groups in total. The summed E-state index contributed by atoms with van der Waals surface area (Å²) in [5.41, 5.74) is 0. The maximum Gasteiger partial charge on any atom is 0.472 e. The van der Waals surface area contributed by atoms with Crippen LogP contribution in [-0.4, -0.2) is 96.7 Å². The van der Waals surface area contributed by atoms with Crippen molar-refractivity contribution >= 4 is 39.5 Å². The average molecular weight is 1470 g/mol. The number of carbonyl (C=O) groups excluding carboxylic acids is 4. The highest BCUT2D eigenvalue weighted by Gasteiger charge is 2.30. The van der Waals surface area contributed by atoms with Gasteiger partial charge in [0.15, 0.2) is 12.2 Å². The van der Waals surface area contributed by atoms with Crippen molar-refractivity contribution in [2.24, 2.45) is 11.8 Å². The molecular weight excluding hydrogens is 1310 g/mol. The largest absolute Gasteiger partial charge is 0.472 e. The van der Waals surface area contributed by atoms with Gasteiger partial charge in [-0.3, -0.25) is 37.3 Å². The Morgan fingerprint density at radius 2 is 0.510 bits per heavy atom. The van der Waals surface area contributed by atoms with Crippen LogP contribution in [0.15, 0.2) is 0 Å². The van der Waals surface area contributed by atoms with Crippen LogP contribution in [0.4, 0.5) is 0 Å². The lowest BCUT2D eigenvalue weighted by Crippen LogP contribution is -2.30. The first-order chi connectivity index (χ1) is 48.4. The highest BCUT2D eigenvalue weighted by atomic mass is 31.2. The van der Waals surface area contributed by atoms with E-state index >= 15 is 0 Å². The van der Waals surface area contributed by atoms with E-state index < -0.39 is 97.5 Å². The number of aliphatic hydroxyl groups is 1. The summed E-state index contributed by atoms with van der Waals surface area (Å²) in [6.45, 7) is 9.66. The van der Waals surface area contributed by atoms with Gasteiger partial charge in [-0.15, -0.1) is 0 Å².